The molecule has 1 saturated carbocycles. The Kier molecular flexibility index (Phi) is 4.20. The van der Waals surface area contributed by atoms with Crippen LogP contribution >= 0.6 is 0 Å². The van der Waals surface area contributed by atoms with E-state index in [4.69, 9.17) is 0 Å². The van der Waals surface area contributed by atoms with E-state index in [9.17, 15) is 18.5 Å². The Balaban J connectivity index is 2.22. The van der Waals surface area contributed by atoms with Crippen LogP contribution in [0.25, 0.3) is 0 Å². The van der Waals surface area contributed by atoms with Crippen LogP contribution in [0.3, 0.4) is 0 Å². The lowest BCUT2D eigenvalue weighted by atomic mass is 10.1. The summed E-state index contributed by atoms with van der Waals surface area (Å²) in [7, 11) is -2.13. The zero-order valence-corrected chi connectivity index (χ0v) is 12.9. The van der Waals surface area contributed by atoms with Crippen LogP contribution in [-0.2, 0) is 10.0 Å². The number of nitrogens with one attached hydrogen (secondary N) is 2. The number of hydrogen-bond acceptors (Lipinski definition) is 5. The Morgan fingerprint density at radius 3 is 2.52 bits per heavy atom. The van der Waals surface area contributed by atoms with Crippen LogP contribution in [0, 0.1) is 15.5 Å². The summed E-state index contributed by atoms with van der Waals surface area (Å²) in [4.78, 5) is 10.3. The average molecular weight is 313 g/mol. The maximum absolute atomic E-state index is 12.3. The Hall–Kier alpha value is -1.67. The van der Waals surface area contributed by atoms with E-state index >= 15 is 0 Å². The quantitative estimate of drug-likeness (QED) is 0.593. The topological polar surface area (TPSA) is 101 Å². The summed E-state index contributed by atoms with van der Waals surface area (Å²) in [5.41, 5.74) is 0.128. The standard InChI is InChI=1S/C13H19N3O4S/c1-3-13(6-7-13)9-15-21(19,20)10-4-5-12(16(17)18)11(8-10)14-2/h4-5,8,14-15H,3,6-7,9H2,1-2H3. The number of rotatable bonds is 7. The molecule has 0 amide bonds. The Labute approximate surface area is 123 Å². The molecular weight excluding hydrogens is 294 g/mol. The molecule has 0 spiro atoms. The van der Waals surface area contributed by atoms with Crippen LogP contribution < -0.4 is 10.0 Å². The van der Waals surface area contributed by atoms with Gasteiger partial charge in [-0.25, -0.2) is 13.1 Å². The van der Waals surface area contributed by atoms with Crippen molar-refractivity contribution in [1.29, 1.82) is 0 Å². The molecule has 1 aliphatic rings. The van der Waals surface area contributed by atoms with Crippen LogP contribution in [0.4, 0.5) is 11.4 Å². The average Bonchev–Trinajstić information content (AvgIpc) is 3.25. The van der Waals surface area contributed by atoms with Gasteiger partial charge < -0.3 is 5.32 Å². The zero-order chi connectivity index (χ0) is 15.7. The molecule has 21 heavy (non-hydrogen) atoms. The third kappa shape index (κ3) is 3.33. The summed E-state index contributed by atoms with van der Waals surface area (Å²) in [5, 5.41) is 13.5. The van der Waals surface area contributed by atoms with Crippen molar-refractivity contribution in [3.63, 3.8) is 0 Å². The summed E-state index contributed by atoms with van der Waals surface area (Å²) in [6.07, 6.45) is 3.01. The Bertz CT molecular complexity index is 653. The molecule has 0 heterocycles. The Morgan fingerprint density at radius 2 is 2.05 bits per heavy atom. The molecule has 0 atom stereocenters. The first kappa shape index (κ1) is 15.7. The number of nitrogens with zero attached hydrogens (tertiary/aromatic N) is 1. The molecule has 7 nitrogen and oxygen atoms in total. The number of anilines is 1. The maximum Gasteiger partial charge on any atom is 0.292 e. The molecule has 2 N–H and O–H groups in total. The molecule has 8 heteroatoms. The largest absolute Gasteiger partial charge is 0.383 e. The number of benzene rings is 1. The second-order valence-electron chi connectivity index (χ2n) is 5.36. The van der Waals surface area contributed by atoms with Gasteiger partial charge in [0.1, 0.15) is 5.69 Å². The first-order valence-corrected chi connectivity index (χ1v) is 8.28. The van der Waals surface area contributed by atoms with Gasteiger partial charge in [-0.15, -0.1) is 0 Å². The van der Waals surface area contributed by atoms with Crippen molar-refractivity contribution in [2.75, 3.05) is 18.9 Å². The fourth-order valence-corrected chi connectivity index (χ4v) is 3.39. The number of hydrogen-bond donors (Lipinski definition) is 2. The molecule has 1 aromatic carbocycles. The summed E-state index contributed by atoms with van der Waals surface area (Å²) >= 11 is 0. The molecule has 1 aromatic rings. The molecular formula is C13H19N3O4S. The normalized spacial score (nSPS) is 16.5. The van der Waals surface area contributed by atoms with E-state index in [0.29, 0.717) is 6.54 Å². The molecule has 1 aliphatic carbocycles. The highest BCUT2D eigenvalue weighted by molar-refractivity contribution is 7.89. The highest BCUT2D eigenvalue weighted by Gasteiger charge is 2.41. The highest BCUT2D eigenvalue weighted by atomic mass is 32.2. The van der Waals surface area contributed by atoms with Crippen LogP contribution in [0.1, 0.15) is 26.2 Å². The second-order valence-corrected chi connectivity index (χ2v) is 7.13. The fourth-order valence-electron chi connectivity index (χ4n) is 2.21. The molecule has 116 valence electrons. The van der Waals surface area contributed by atoms with Gasteiger partial charge in [0.15, 0.2) is 0 Å². The Morgan fingerprint density at radius 1 is 1.38 bits per heavy atom. The number of nitro benzene ring substituents is 1. The van der Waals surface area contributed by atoms with Crippen LogP contribution in [0.2, 0.25) is 0 Å². The number of nitro groups is 1. The summed E-state index contributed by atoms with van der Waals surface area (Å²) in [6.45, 7) is 2.46. The van der Waals surface area contributed by atoms with E-state index in [1.165, 1.54) is 25.2 Å². The van der Waals surface area contributed by atoms with Gasteiger partial charge in [0, 0.05) is 19.7 Å². The van der Waals surface area contributed by atoms with Crippen molar-refractivity contribution in [2.24, 2.45) is 5.41 Å². The molecule has 0 unspecified atom stereocenters. The molecule has 0 bridgehead atoms. The monoisotopic (exact) mass is 313 g/mol. The van der Waals surface area contributed by atoms with Crippen molar-refractivity contribution in [3.8, 4) is 0 Å². The lowest BCUT2D eigenvalue weighted by Crippen LogP contribution is -2.30. The third-order valence-corrected chi connectivity index (χ3v) is 5.49. The minimum atomic E-state index is -3.65. The predicted octanol–water partition coefficient (Wildman–Crippen LogP) is 2.10. The molecule has 2 rings (SSSR count). The molecule has 0 aromatic heterocycles. The first-order chi connectivity index (χ1) is 9.83. The van der Waals surface area contributed by atoms with E-state index in [1.54, 1.807) is 0 Å². The van der Waals surface area contributed by atoms with Crippen molar-refractivity contribution < 1.29 is 13.3 Å². The molecule has 1 fully saturated rings. The smallest absolute Gasteiger partial charge is 0.292 e. The van der Waals surface area contributed by atoms with Gasteiger partial charge in [-0.1, -0.05) is 6.92 Å². The van der Waals surface area contributed by atoms with Gasteiger partial charge in [-0.2, -0.15) is 0 Å². The van der Waals surface area contributed by atoms with E-state index < -0.39 is 14.9 Å². The van der Waals surface area contributed by atoms with Gasteiger partial charge >= 0.3 is 0 Å². The summed E-state index contributed by atoms with van der Waals surface area (Å²) < 4.78 is 27.1. The lowest BCUT2D eigenvalue weighted by molar-refractivity contribution is -0.384. The fraction of sp³-hybridized carbons (Fsp3) is 0.538. The van der Waals surface area contributed by atoms with Crippen molar-refractivity contribution >= 4 is 21.4 Å². The predicted molar refractivity (Wildman–Crippen MR) is 79.8 cm³/mol. The number of sulfonamides is 1. The minimum Gasteiger partial charge on any atom is -0.383 e. The van der Waals surface area contributed by atoms with Crippen molar-refractivity contribution in [1.82, 2.24) is 4.72 Å². The minimum absolute atomic E-state index is 0.0318. The second kappa shape index (κ2) is 5.61. The van der Waals surface area contributed by atoms with Crippen molar-refractivity contribution in [2.45, 2.75) is 31.1 Å². The van der Waals surface area contributed by atoms with Gasteiger partial charge in [-0.3, -0.25) is 10.1 Å². The van der Waals surface area contributed by atoms with Gasteiger partial charge in [-0.05, 0) is 36.8 Å². The SMILES string of the molecule is CCC1(CNS(=O)(=O)c2ccc([N+](=O)[O-])c(NC)c2)CC1. The molecule has 0 radical (unpaired) electrons. The van der Waals surface area contributed by atoms with Crippen molar-refractivity contribution in [3.05, 3.63) is 28.3 Å². The van der Waals surface area contributed by atoms with Crippen LogP contribution in [0.15, 0.2) is 23.1 Å². The lowest BCUT2D eigenvalue weighted by Gasteiger charge is -2.14. The van der Waals surface area contributed by atoms with Gasteiger partial charge in [0.05, 0.1) is 9.82 Å². The summed E-state index contributed by atoms with van der Waals surface area (Å²) in [5.74, 6) is 0. The van der Waals surface area contributed by atoms with Crippen LogP contribution in [0.5, 0.6) is 0 Å². The maximum atomic E-state index is 12.3. The molecule has 0 aliphatic heterocycles. The van der Waals surface area contributed by atoms with E-state index in [2.05, 4.69) is 10.0 Å². The van der Waals surface area contributed by atoms with Gasteiger partial charge in [0.25, 0.3) is 5.69 Å². The third-order valence-electron chi connectivity index (χ3n) is 4.09. The zero-order valence-electron chi connectivity index (χ0n) is 12.0. The summed E-state index contributed by atoms with van der Waals surface area (Å²) in [6, 6.07) is 3.74. The van der Waals surface area contributed by atoms with Crippen LogP contribution in [-0.4, -0.2) is 26.9 Å². The van der Waals surface area contributed by atoms with E-state index in [0.717, 1.165) is 19.3 Å². The first-order valence-electron chi connectivity index (χ1n) is 6.79. The molecule has 0 saturated heterocycles. The van der Waals surface area contributed by atoms with Gasteiger partial charge in [0.2, 0.25) is 10.0 Å². The van der Waals surface area contributed by atoms with E-state index in [-0.39, 0.29) is 21.7 Å². The van der Waals surface area contributed by atoms with E-state index in [1.807, 2.05) is 6.92 Å². The highest BCUT2D eigenvalue weighted by Crippen LogP contribution is 2.48.